The highest BCUT2D eigenvalue weighted by Gasteiger charge is 1.98. The second-order valence-corrected chi connectivity index (χ2v) is 7.69. The summed E-state index contributed by atoms with van der Waals surface area (Å²) in [7, 11) is 1.60. The van der Waals surface area contributed by atoms with Gasteiger partial charge in [0.05, 0.1) is 139 Å². The molecule has 14 nitrogen and oxygen atoms in total. The van der Waals surface area contributed by atoms with Crippen LogP contribution in [-0.4, -0.2) is 156 Å². The van der Waals surface area contributed by atoms with Crippen molar-refractivity contribution in [3.8, 4) is 0 Å². The van der Waals surface area contributed by atoms with Gasteiger partial charge >= 0.3 is 5.97 Å². The molecule has 0 aromatic heterocycles. The maximum absolute atomic E-state index is 11.0. The summed E-state index contributed by atoms with van der Waals surface area (Å²) in [5.41, 5.74) is 0. The van der Waals surface area contributed by atoms with Gasteiger partial charge in [-0.1, -0.05) is 0 Å². The Morgan fingerprint density at radius 1 is 0.410 bits per heavy atom. The summed E-state index contributed by atoms with van der Waals surface area (Å²) in [5, 5.41) is 11.0. The van der Waals surface area contributed by atoms with Crippen molar-refractivity contribution >= 4 is 11.9 Å². The van der Waals surface area contributed by atoms with Gasteiger partial charge in [0.2, 0.25) is 5.91 Å². The number of nitrogens with one attached hydrogen (secondary N) is 1. The number of carboxylic acid groups (broad SMARTS) is 1. The van der Waals surface area contributed by atoms with Crippen molar-refractivity contribution in [3.05, 3.63) is 0 Å². The monoisotopic (exact) mass is 571 g/mol. The first-order chi connectivity index (χ1) is 19.2. The van der Waals surface area contributed by atoms with Gasteiger partial charge in [-0.25, -0.2) is 0 Å². The standard InChI is InChI=1S/C25H49NO13/c1-26-24(27)2-4-30-6-8-32-10-12-34-14-16-36-18-20-38-22-23-39-21-19-37-17-15-35-13-11-33-9-7-31-5-3-25(28)29/h2-23H2,1H3,(H,26,27)(H,28,29). The van der Waals surface area contributed by atoms with E-state index < -0.39 is 5.97 Å². The minimum Gasteiger partial charge on any atom is -0.481 e. The molecule has 0 saturated heterocycles. The number of amides is 1. The van der Waals surface area contributed by atoms with E-state index in [1.165, 1.54) is 0 Å². The summed E-state index contributed by atoms with van der Waals surface area (Å²) in [4.78, 5) is 21.3. The van der Waals surface area contributed by atoms with Gasteiger partial charge in [0, 0.05) is 13.5 Å². The molecular formula is C25H49NO13. The van der Waals surface area contributed by atoms with Gasteiger partial charge in [-0.3, -0.25) is 9.59 Å². The van der Waals surface area contributed by atoms with Crippen LogP contribution < -0.4 is 5.32 Å². The summed E-state index contributed by atoms with van der Waals surface area (Å²) >= 11 is 0. The Kier molecular flexibility index (Phi) is 31.5. The molecule has 0 spiro atoms. The van der Waals surface area contributed by atoms with Gasteiger partial charge in [-0.05, 0) is 0 Å². The minimum absolute atomic E-state index is 0.00335. The third kappa shape index (κ3) is 34.5. The van der Waals surface area contributed by atoms with E-state index in [-0.39, 0.29) is 18.9 Å². The van der Waals surface area contributed by atoms with Gasteiger partial charge in [0.1, 0.15) is 0 Å². The molecule has 2 N–H and O–H groups in total. The molecule has 232 valence electrons. The van der Waals surface area contributed by atoms with E-state index >= 15 is 0 Å². The van der Waals surface area contributed by atoms with Crippen LogP contribution in [-0.2, 0) is 57.0 Å². The van der Waals surface area contributed by atoms with Gasteiger partial charge in [0.25, 0.3) is 0 Å². The number of carbonyl (C=O) groups is 2. The fraction of sp³-hybridized carbons (Fsp3) is 0.920. The highest BCUT2D eigenvalue weighted by atomic mass is 16.6. The van der Waals surface area contributed by atoms with Gasteiger partial charge in [0.15, 0.2) is 0 Å². The van der Waals surface area contributed by atoms with Crippen LogP contribution in [0.5, 0.6) is 0 Å². The molecule has 0 unspecified atom stereocenters. The number of aliphatic carboxylic acids is 1. The van der Waals surface area contributed by atoms with E-state index in [1.54, 1.807) is 7.05 Å². The smallest absolute Gasteiger partial charge is 0.305 e. The van der Waals surface area contributed by atoms with Crippen LogP contribution in [0.1, 0.15) is 12.8 Å². The zero-order valence-electron chi connectivity index (χ0n) is 23.4. The first kappa shape index (κ1) is 37.5. The molecule has 0 fully saturated rings. The lowest BCUT2D eigenvalue weighted by Gasteiger charge is -2.09. The van der Waals surface area contributed by atoms with E-state index in [0.29, 0.717) is 132 Å². The van der Waals surface area contributed by atoms with Crippen molar-refractivity contribution in [3.63, 3.8) is 0 Å². The van der Waals surface area contributed by atoms with E-state index in [4.69, 9.17) is 52.5 Å². The average molecular weight is 572 g/mol. The third-order valence-electron chi connectivity index (χ3n) is 4.56. The fourth-order valence-corrected chi connectivity index (χ4v) is 2.53. The molecule has 0 radical (unpaired) electrons. The molecule has 1 amide bonds. The van der Waals surface area contributed by atoms with E-state index in [2.05, 4.69) is 5.32 Å². The third-order valence-corrected chi connectivity index (χ3v) is 4.56. The number of hydrogen-bond acceptors (Lipinski definition) is 12. The first-order valence-corrected chi connectivity index (χ1v) is 13.4. The van der Waals surface area contributed by atoms with Crippen LogP contribution in [0.4, 0.5) is 0 Å². The normalized spacial score (nSPS) is 11.2. The molecule has 0 aromatic carbocycles. The number of carboxylic acids is 1. The quantitative estimate of drug-likeness (QED) is 0.0995. The first-order valence-electron chi connectivity index (χ1n) is 13.4. The highest BCUT2D eigenvalue weighted by molar-refractivity contribution is 5.75. The molecule has 0 bridgehead atoms. The van der Waals surface area contributed by atoms with Crippen LogP contribution in [0.3, 0.4) is 0 Å². The Hall–Kier alpha value is -1.46. The highest BCUT2D eigenvalue weighted by Crippen LogP contribution is 1.88. The van der Waals surface area contributed by atoms with Crippen LogP contribution in [0.25, 0.3) is 0 Å². The SMILES string of the molecule is CNC(=O)CCOCCOCCOCCOCCOCCOCCOCCOCCOCCOCCC(=O)O. The Balaban J connectivity index is 3.05. The van der Waals surface area contributed by atoms with E-state index in [0.717, 1.165) is 0 Å². The second kappa shape index (κ2) is 32.8. The predicted molar refractivity (Wildman–Crippen MR) is 139 cm³/mol. The summed E-state index contributed by atoms with van der Waals surface area (Å²) in [6, 6.07) is 0. The van der Waals surface area contributed by atoms with Crippen molar-refractivity contribution in [2.45, 2.75) is 12.8 Å². The lowest BCUT2D eigenvalue weighted by Crippen LogP contribution is -2.20. The Bertz CT molecular complexity index is 528. The molecule has 0 aliphatic carbocycles. The molecule has 39 heavy (non-hydrogen) atoms. The van der Waals surface area contributed by atoms with Crippen molar-refractivity contribution in [1.82, 2.24) is 5.32 Å². The summed E-state index contributed by atoms with van der Waals surface area (Å²) in [6.07, 6.45) is 0.348. The van der Waals surface area contributed by atoms with Crippen molar-refractivity contribution in [1.29, 1.82) is 0 Å². The Morgan fingerprint density at radius 3 is 0.821 bits per heavy atom. The van der Waals surface area contributed by atoms with Crippen molar-refractivity contribution in [2.75, 3.05) is 139 Å². The molecule has 0 rings (SSSR count). The zero-order valence-corrected chi connectivity index (χ0v) is 23.4. The molecule has 0 aliphatic heterocycles. The fourth-order valence-electron chi connectivity index (χ4n) is 2.53. The maximum atomic E-state index is 11.0. The van der Waals surface area contributed by atoms with Crippen LogP contribution in [0, 0.1) is 0 Å². The van der Waals surface area contributed by atoms with Crippen molar-refractivity contribution < 1.29 is 62.1 Å². The summed E-state index contributed by atoms with van der Waals surface area (Å²) in [6.45, 7) is 8.96. The zero-order chi connectivity index (χ0) is 28.5. The van der Waals surface area contributed by atoms with Gasteiger partial charge in [-0.2, -0.15) is 0 Å². The molecule has 0 saturated carbocycles. The van der Waals surface area contributed by atoms with Crippen molar-refractivity contribution in [2.24, 2.45) is 0 Å². The molecular weight excluding hydrogens is 522 g/mol. The number of carbonyl (C=O) groups excluding carboxylic acids is 1. The number of ether oxygens (including phenoxy) is 10. The van der Waals surface area contributed by atoms with Crippen LogP contribution in [0.2, 0.25) is 0 Å². The molecule has 0 heterocycles. The molecule has 0 aliphatic rings. The lowest BCUT2D eigenvalue weighted by molar-refractivity contribution is -0.138. The largest absolute Gasteiger partial charge is 0.481 e. The average Bonchev–Trinajstić information content (AvgIpc) is 2.93. The van der Waals surface area contributed by atoms with Gasteiger partial charge < -0.3 is 57.8 Å². The lowest BCUT2D eigenvalue weighted by atomic mass is 10.4. The maximum Gasteiger partial charge on any atom is 0.305 e. The second-order valence-electron chi connectivity index (χ2n) is 7.69. The summed E-state index contributed by atoms with van der Waals surface area (Å²) in [5.74, 6) is -0.916. The topological polar surface area (TPSA) is 159 Å². The van der Waals surface area contributed by atoms with E-state index in [9.17, 15) is 9.59 Å². The van der Waals surface area contributed by atoms with Crippen LogP contribution in [0.15, 0.2) is 0 Å². The predicted octanol–water partition coefficient (Wildman–Crippen LogP) is -0.237. The van der Waals surface area contributed by atoms with Gasteiger partial charge in [-0.15, -0.1) is 0 Å². The van der Waals surface area contributed by atoms with Crippen LogP contribution >= 0.6 is 0 Å². The number of hydrogen-bond donors (Lipinski definition) is 2. The molecule has 0 atom stereocenters. The Morgan fingerprint density at radius 2 is 0.615 bits per heavy atom. The Labute approximate surface area is 231 Å². The number of rotatable bonds is 33. The summed E-state index contributed by atoms with van der Waals surface area (Å²) < 4.78 is 53.5. The minimum atomic E-state index is -0.876. The van der Waals surface area contributed by atoms with E-state index in [1.807, 2.05) is 0 Å². The molecule has 0 aromatic rings. The molecule has 14 heteroatoms.